The Kier molecular flexibility index (Phi) is 7.56. The van der Waals surface area contributed by atoms with Crippen molar-refractivity contribution in [3.05, 3.63) is 29.7 Å². The number of benzene rings is 1. The third-order valence-electron chi connectivity index (χ3n) is 3.94. The number of carbonyl (C=O) groups excluding carboxylic acids is 2. The Hall–Kier alpha value is -2.42. The molecule has 2 aromatic rings. The summed E-state index contributed by atoms with van der Waals surface area (Å²) in [7, 11) is -4.11. The molecular weight excluding hydrogens is 389 g/mol. The Labute approximate surface area is 163 Å². The summed E-state index contributed by atoms with van der Waals surface area (Å²) < 4.78 is 49.8. The van der Waals surface area contributed by atoms with E-state index in [0.29, 0.717) is 12.8 Å². The largest absolute Gasteiger partial charge is 0.466 e. The van der Waals surface area contributed by atoms with E-state index < -0.39 is 33.3 Å². The van der Waals surface area contributed by atoms with E-state index in [0.717, 1.165) is 0 Å². The van der Waals surface area contributed by atoms with Crippen molar-refractivity contribution in [3.8, 4) is 0 Å². The molecule has 0 aliphatic heterocycles. The van der Waals surface area contributed by atoms with Gasteiger partial charge in [0.2, 0.25) is 0 Å². The summed E-state index contributed by atoms with van der Waals surface area (Å²) in [5.41, 5.74) is 0.178. The van der Waals surface area contributed by atoms with Crippen molar-refractivity contribution in [2.75, 3.05) is 19.0 Å². The van der Waals surface area contributed by atoms with Crippen LogP contribution in [0.4, 0.5) is 4.39 Å². The average molecular weight is 413 g/mol. The molecular formula is C19H24FNO6S. The van der Waals surface area contributed by atoms with Crippen LogP contribution < -0.4 is 0 Å². The Morgan fingerprint density at radius 3 is 2.36 bits per heavy atom. The van der Waals surface area contributed by atoms with Crippen LogP contribution in [0.5, 0.6) is 0 Å². The van der Waals surface area contributed by atoms with Crippen LogP contribution in [0.2, 0.25) is 0 Å². The maximum absolute atomic E-state index is 14.2. The van der Waals surface area contributed by atoms with E-state index in [1.807, 2.05) is 6.92 Å². The minimum absolute atomic E-state index is 0.00917. The number of carbonyl (C=O) groups is 2. The molecule has 0 aliphatic carbocycles. The third-order valence-corrected chi connectivity index (χ3v) is 5.64. The fourth-order valence-electron chi connectivity index (χ4n) is 2.74. The number of aromatic amines is 1. The first kappa shape index (κ1) is 21.9. The van der Waals surface area contributed by atoms with Crippen LogP contribution in [-0.2, 0) is 35.3 Å². The van der Waals surface area contributed by atoms with Gasteiger partial charge in [0.1, 0.15) is 5.82 Å². The number of hydrogen-bond acceptors (Lipinski definition) is 6. The van der Waals surface area contributed by atoms with E-state index in [-0.39, 0.29) is 47.5 Å². The standard InChI is InChI=1S/C19H24FNO6S/c1-3-10-26-16(22)9-8-15-19(13-6-5-7-14(20)18(13)21-15)28(24,25)12-17(23)27-11-4-2/h5-7,21H,3-4,8-12H2,1-2H3. The number of hydrogen-bond donors (Lipinski definition) is 1. The Bertz CT molecular complexity index is 951. The lowest BCUT2D eigenvalue weighted by atomic mass is 10.2. The van der Waals surface area contributed by atoms with Crippen molar-refractivity contribution >= 4 is 32.7 Å². The van der Waals surface area contributed by atoms with Crippen molar-refractivity contribution in [3.63, 3.8) is 0 Å². The first-order valence-corrected chi connectivity index (χ1v) is 10.8. The quantitative estimate of drug-likeness (QED) is 0.601. The number of nitrogens with one attached hydrogen (secondary N) is 1. The molecule has 0 saturated carbocycles. The van der Waals surface area contributed by atoms with Gasteiger partial charge in [0.25, 0.3) is 0 Å². The highest BCUT2D eigenvalue weighted by atomic mass is 32.2. The predicted octanol–water partition coefficient (Wildman–Crippen LogP) is 2.92. The summed E-state index contributed by atoms with van der Waals surface area (Å²) >= 11 is 0. The first-order valence-electron chi connectivity index (χ1n) is 9.13. The number of ether oxygens (including phenoxy) is 2. The number of halogens is 1. The molecule has 1 aromatic heterocycles. The van der Waals surface area contributed by atoms with Gasteiger partial charge in [0.05, 0.1) is 30.0 Å². The third kappa shape index (κ3) is 5.31. The van der Waals surface area contributed by atoms with E-state index in [4.69, 9.17) is 9.47 Å². The number of para-hydroxylation sites is 1. The van der Waals surface area contributed by atoms with Crippen molar-refractivity contribution in [2.45, 2.75) is 44.4 Å². The van der Waals surface area contributed by atoms with Gasteiger partial charge in [-0.2, -0.15) is 0 Å². The van der Waals surface area contributed by atoms with Gasteiger partial charge >= 0.3 is 11.9 Å². The molecule has 7 nitrogen and oxygen atoms in total. The molecule has 0 saturated heterocycles. The van der Waals surface area contributed by atoms with Crippen LogP contribution in [0.25, 0.3) is 10.9 Å². The monoisotopic (exact) mass is 413 g/mol. The molecule has 0 radical (unpaired) electrons. The molecule has 2 rings (SSSR count). The van der Waals surface area contributed by atoms with Gasteiger partial charge in [-0.15, -0.1) is 0 Å². The maximum Gasteiger partial charge on any atom is 0.321 e. The summed E-state index contributed by atoms with van der Waals surface area (Å²) in [5, 5.41) is 0.139. The van der Waals surface area contributed by atoms with E-state index in [1.54, 1.807) is 6.92 Å². The predicted molar refractivity (Wildman–Crippen MR) is 101 cm³/mol. The molecule has 1 N–H and O–H groups in total. The van der Waals surface area contributed by atoms with Gasteiger partial charge in [-0.25, -0.2) is 12.8 Å². The van der Waals surface area contributed by atoms with Crippen molar-refractivity contribution in [1.29, 1.82) is 0 Å². The fraction of sp³-hybridized carbons (Fsp3) is 0.474. The molecule has 0 spiro atoms. The highest BCUT2D eigenvalue weighted by molar-refractivity contribution is 7.92. The second kappa shape index (κ2) is 9.68. The van der Waals surface area contributed by atoms with Gasteiger partial charge in [-0.05, 0) is 25.3 Å². The minimum Gasteiger partial charge on any atom is -0.466 e. The summed E-state index contributed by atoms with van der Waals surface area (Å²) in [6, 6.07) is 4.04. The molecule has 154 valence electrons. The molecule has 1 aromatic carbocycles. The zero-order valence-electron chi connectivity index (χ0n) is 15.9. The highest BCUT2D eigenvalue weighted by Crippen LogP contribution is 2.30. The average Bonchev–Trinajstić information content (AvgIpc) is 3.03. The summed E-state index contributed by atoms with van der Waals surface area (Å²) in [4.78, 5) is 26.2. The van der Waals surface area contributed by atoms with Crippen LogP contribution >= 0.6 is 0 Å². The van der Waals surface area contributed by atoms with Gasteiger partial charge in [0.15, 0.2) is 15.6 Å². The summed E-state index contributed by atoms with van der Waals surface area (Å²) in [5.74, 6) is -2.83. The molecule has 1 heterocycles. The molecule has 0 amide bonds. The zero-order valence-corrected chi connectivity index (χ0v) is 16.7. The molecule has 9 heteroatoms. The number of esters is 2. The highest BCUT2D eigenvalue weighted by Gasteiger charge is 2.28. The lowest BCUT2D eigenvalue weighted by molar-refractivity contribution is -0.143. The van der Waals surface area contributed by atoms with Crippen LogP contribution in [0, 0.1) is 5.82 Å². The smallest absolute Gasteiger partial charge is 0.321 e. The van der Waals surface area contributed by atoms with E-state index in [2.05, 4.69) is 4.98 Å². The van der Waals surface area contributed by atoms with Crippen molar-refractivity contribution < 1.29 is 31.9 Å². The second-order valence-electron chi connectivity index (χ2n) is 6.30. The van der Waals surface area contributed by atoms with Crippen molar-refractivity contribution in [1.82, 2.24) is 4.98 Å². The SMILES string of the molecule is CCCOC(=O)CCc1[nH]c2c(F)cccc2c1S(=O)(=O)CC(=O)OCCC. The molecule has 0 unspecified atom stereocenters. The van der Waals surface area contributed by atoms with E-state index >= 15 is 0 Å². The van der Waals surface area contributed by atoms with Gasteiger partial charge in [-0.1, -0.05) is 26.0 Å². The lowest BCUT2D eigenvalue weighted by Crippen LogP contribution is -2.20. The van der Waals surface area contributed by atoms with E-state index in [1.165, 1.54) is 18.2 Å². The molecule has 0 fully saturated rings. The van der Waals surface area contributed by atoms with Gasteiger partial charge < -0.3 is 14.5 Å². The molecule has 0 atom stereocenters. The van der Waals surface area contributed by atoms with Crippen molar-refractivity contribution in [2.24, 2.45) is 0 Å². The van der Waals surface area contributed by atoms with Crippen LogP contribution in [0.15, 0.2) is 23.1 Å². The lowest BCUT2D eigenvalue weighted by Gasteiger charge is -2.08. The molecule has 0 bridgehead atoms. The number of sulfone groups is 1. The van der Waals surface area contributed by atoms with Crippen LogP contribution in [0.1, 0.15) is 38.8 Å². The van der Waals surface area contributed by atoms with Gasteiger partial charge in [-0.3, -0.25) is 9.59 Å². The number of fused-ring (bicyclic) bond motifs is 1. The summed E-state index contributed by atoms with van der Waals surface area (Å²) in [6.45, 7) is 4.04. The number of aromatic nitrogens is 1. The topological polar surface area (TPSA) is 103 Å². The second-order valence-corrected chi connectivity index (χ2v) is 8.22. The number of rotatable bonds is 10. The molecule has 28 heavy (non-hydrogen) atoms. The maximum atomic E-state index is 14.2. The number of aryl methyl sites for hydroxylation is 1. The Morgan fingerprint density at radius 1 is 1.07 bits per heavy atom. The van der Waals surface area contributed by atoms with Crippen LogP contribution in [0.3, 0.4) is 0 Å². The van der Waals surface area contributed by atoms with E-state index in [9.17, 15) is 22.4 Å². The summed E-state index contributed by atoms with van der Waals surface area (Å²) in [6.07, 6.45) is 1.17. The first-order chi connectivity index (χ1) is 13.3. The normalized spacial score (nSPS) is 11.5. The Morgan fingerprint density at radius 2 is 1.71 bits per heavy atom. The fourth-order valence-corrected chi connectivity index (χ4v) is 4.31. The Balaban J connectivity index is 2.37. The number of H-pyrrole nitrogens is 1. The molecule has 0 aliphatic rings. The zero-order chi connectivity index (χ0) is 20.7. The van der Waals surface area contributed by atoms with Gasteiger partial charge in [0, 0.05) is 11.1 Å². The minimum atomic E-state index is -4.11. The van der Waals surface area contributed by atoms with Crippen LogP contribution in [-0.4, -0.2) is 44.3 Å².